The lowest BCUT2D eigenvalue weighted by atomic mass is 10.1. The molecule has 0 spiro atoms. The van der Waals surface area contributed by atoms with E-state index in [2.05, 4.69) is 16.8 Å². The molecule has 0 fully saturated rings. The molecule has 0 aliphatic heterocycles. The number of fused-ring (bicyclic) bond motifs is 1. The van der Waals surface area contributed by atoms with E-state index in [4.69, 9.17) is 4.74 Å². The number of hydrogen-bond donors (Lipinski definition) is 1. The van der Waals surface area contributed by atoms with Crippen LogP contribution in [0.2, 0.25) is 0 Å². The lowest BCUT2D eigenvalue weighted by molar-refractivity contribution is -0.129. The molecule has 0 aliphatic carbocycles. The van der Waals surface area contributed by atoms with E-state index in [1.54, 1.807) is 6.07 Å². The maximum Gasteiger partial charge on any atom is 0.335 e. The number of hydrogen-bond acceptors (Lipinski definition) is 5. The van der Waals surface area contributed by atoms with E-state index in [0.29, 0.717) is 23.4 Å². The fourth-order valence-electron chi connectivity index (χ4n) is 2.51. The Morgan fingerprint density at radius 2 is 1.96 bits per heavy atom. The summed E-state index contributed by atoms with van der Waals surface area (Å²) in [5, 5.41) is 18.3. The molecule has 0 bridgehead atoms. The molecule has 0 aliphatic rings. The molecule has 24 heavy (non-hydrogen) atoms. The molecule has 0 unspecified atom stereocenters. The first-order valence-corrected chi connectivity index (χ1v) is 7.53. The lowest BCUT2D eigenvalue weighted by Gasteiger charge is -2.14. The summed E-state index contributed by atoms with van der Waals surface area (Å²) < 4.78 is 5.33. The van der Waals surface area contributed by atoms with Crippen molar-refractivity contribution >= 4 is 17.0 Å². The van der Waals surface area contributed by atoms with Gasteiger partial charge in [-0.25, -0.2) is 4.79 Å². The summed E-state index contributed by atoms with van der Waals surface area (Å²) in [6.07, 6.45) is 1.42. The molecule has 1 aromatic heterocycles. The Labute approximate surface area is 139 Å². The van der Waals surface area contributed by atoms with Crippen molar-refractivity contribution in [1.29, 1.82) is 0 Å². The first-order valence-electron chi connectivity index (χ1n) is 7.53. The minimum atomic E-state index is -0.552. The molecule has 0 amide bonds. The largest absolute Gasteiger partial charge is 0.423 e. The van der Waals surface area contributed by atoms with Gasteiger partial charge in [-0.2, -0.15) is 0 Å². The summed E-state index contributed by atoms with van der Waals surface area (Å²) in [6.45, 7) is 5.21. The monoisotopic (exact) mass is 323 g/mol. The summed E-state index contributed by atoms with van der Waals surface area (Å²) in [6, 6.07) is 11.2. The van der Waals surface area contributed by atoms with Crippen LogP contribution in [0.15, 0.2) is 49.1 Å². The van der Waals surface area contributed by atoms with E-state index >= 15 is 0 Å². The fraction of sp³-hybridized carbons (Fsp3) is 0.167. The molecule has 0 radical (unpaired) electrons. The summed E-state index contributed by atoms with van der Waals surface area (Å²) in [4.78, 5) is 13.1. The minimum Gasteiger partial charge on any atom is -0.423 e. The molecule has 1 heterocycles. The van der Waals surface area contributed by atoms with E-state index in [1.807, 2.05) is 37.3 Å². The second kappa shape index (κ2) is 6.64. The summed E-state index contributed by atoms with van der Waals surface area (Å²) >= 11 is 0. The third-order valence-electron chi connectivity index (χ3n) is 3.57. The van der Waals surface area contributed by atoms with Crippen LogP contribution in [0, 0.1) is 6.92 Å². The zero-order valence-corrected chi connectivity index (χ0v) is 13.3. The third kappa shape index (κ3) is 3.04. The van der Waals surface area contributed by atoms with Gasteiger partial charge in [-0.1, -0.05) is 18.7 Å². The van der Waals surface area contributed by atoms with Crippen LogP contribution in [0.1, 0.15) is 11.1 Å². The van der Waals surface area contributed by atoms with E-state index in [0.717, 1.165) is 22.7 Å². The van der Waals surface area contributed by atoms with Crippen LogP contribution in [-0.4, -0.2) is 32.7 Å². The Morgan fingerprint density at radius 1 is 1.29 bits per heavy atom. The topological polar surface area (TPSA) is 77.2 Å². The van der Waals surface area contributed by atoms with Crippen molar-refractivity contribution in [1.82, 2.24) is 15.0 Å². The quantitative estimate of drug-likeness (QED) is 0.443. The van der Waals surface area contributed by atoms with Crippen molar-refractivity contribution < 1.29 is 14.6 Å². The van der Waals surface area contributed by atoms with Gasteiger partial charge in [-0.05, 0) is 36.8 Å². The molecular formula is C18H17N3O3. The number of ether oxygens (including phenoxy) is 1. The number of carbonyl (C=O) groups excluding carboxylic acids is 1. The molecule has 6 nitrogen and oxygen atoms in total. The number of benzene rings is 2. The number of aryl methyl sites for hydroxylation is 1. The van der Waals surface area contributed by atoms with Crippen LogP contribution in [0.5, 0.6) is 5.75 Å². The second-order valence-electron chi connectivity index (χ2n) is 5.34. The maximum absolute atomic E-state index is 11.6. The predicted molar refractivity (Wildman–Crippen MR) is 90.2 cm³/mol. The highest BCUT2D eigenvalue weighted by Crippen LogP contribution is 2.28. The van der Waals surface area contributed by atoms with Gasteiger partial charge in [0.2, 0.25) is 0 Å². The van der Waals surface area contributed by atoms with Gasteiger partial charge in [0.25, 0.3) is 0 Å². The van der Waals surface area contributed by atoms with Gasteiger partial charge in [0.05, 0.1) is 5.69 Å². The van der Waals surface area contributed by atoms with E-state index in [1.165, 1.54) is 4.80 Å². The van der Waals surface area contributed by atoms with Crippen LogP contribution in [0.25, 0.3) is 16.7 Å². The fourth-order valence-corrected chi connectivity index (χ4v) is 2.51. The van der Waals surface area contributed by atoms with Crippen molar-refractivity contribution in [2.75, 3.05) is 6.61 Å². The van der Waals surface area contributed by atoms with Crippen molar-refractivity contribution in [3.05, 3.63) is 60.2 Å². The number of aromatic nitrogens is 3. The predicted octanol–water partition coefficient (Wildman–Crippen LogP) is 2.36. The molecule has 2 aromatic carbocycles. The highest BCUT2D eigenvalue weighted by molar-refractivity contribution is 5.84. The number of aliphatic hydroxyl groups is 1. The first kappa shape index (κ1) is 15.9. The van der Waals surface area contributed by atoms with Crippen LogP contribution < -0.4 is 4.74 Å². The number of esters is 1. The Kier molecular flexibility index (Phi) is 4.39. The van der Waals surface area contributed by atoms with Gasteiger partial charge in [-0.3, -0.25) is 0 Å². The number of nitrogens with zero attached hydrogens (tertiary/aromatic N) is 3. The standard InChI is InChI=1S/C18H17N3O3/c1-3-18(23)24-17-11-12(2)10-16(13(17)8-9-22)21-19-14-6-4-5-7-15(14)20-21/h3-7,10-11,22H,1,8-9H2,2H3. The zero-order chi connectivity index (χ0) is 17.1. The number of carbonyl (C=O) groups is 1. The SMILES string of the molecule is C=CC(=O)Oc1cc(C)cc(-n2nc3ccccc3n2)c1CCO. The second-order valence-corrected chi connectivity index (χ2v) is 5.34. The molecule has 6 heteroatoms. The van der Waals surface area contributed by atoms with Crippen molar-refractivity contribution in [2.24, 2.45) is 0 Å². The summed E-state index contributed by atoms with van der Waals surface area (Å²) in [5.41, 5.74) is 3.75. The molecule has 1 N–H and O–H groups in total. The summed E-state index contributed by atoms with van der Waals surface area (Å²) in [7, 11) is 0. The first-order chi connectivity index (χ1) is 11.6. The highest BCUT2D eigenvalue weighted by atomic mass is 16.5. The van der Waals surface area contributed by atoms with Crippen molar-refractivity contribution in [2.45, 2.75) is 13.3 Å². The van der Waals surface area contributed by atoms with Gasteiger partial charge in [0.1, 0.15) is 16.8 Å². The van der Waals surface area contributed by atoms with Crippen molar-refractivity contribution in [3.8, 4) is 11.4 Å². The molecule has 0 saturated carbocycles. The Morgan fingerprint density at radius 3 is 2.54 bits per heavy atom. The Hall–Kier alpha value is -2.99. The molecule has 3 aromatic rings. The molecule has 3 rings (SSSR count). The van der Waals surface area contributed by atoms with Gasteiger partial charge in [-0.15, -0.1) is 15.0 Å². The summed E-state index contributed by atoms with van der Waals surface area (Å²) in [5.74, 6) is -0.172. The molecule has 0 saturated heterocycles. The van der Waals surface area contributed by atoms with Crippen LogP contribution in [0.3, 0.4) is 0 Å². The normalized spacial score (nSPS) is 10.8. The van der Waals surface area contributed by atoms with E-state index in [-0.39, 0.29) is 6.61 Å². The van der Waals surface area contributed by atoms with Crippen LogP contribution in [0.4, 0.5) is 0 Å². The number of aliphatic hydroxyl groups excluding tert-OH is 1. The zero-order valence-electron chi connectivity index (χ0n) is 13.3. The van der Waals surface area contributed by atoms with E-state index in [9.17, 15) is 9.90 Å². The third-order valence-corrected chi connectivity index (χ3v) is 3.57. The van der Waals surface area contributed by atoms with Crippen LogP contribution in [-0.2, 0) is 11.2 Å². The van der Waals surface area contributed by atoms with Gasteiger partial charge in [0, 0.05) is 24.7 Å². The lowest BCUT2D eigenvalue weighted by Crippen LogP contribution is -2.11. The molecule has 122 valence electrons. The Bertz CT molecular complexity index is 882. The Balaban J connectivity index is 2.17. The maximum atomic E-state index is 11.6. The average molecular weight is 323 g/mol. The number of rotatable bonds is 5. The van der Waals surface area contributed by atoms with Gasteiger partial charge < -0.3 is 9.84 Å². The molecular weight excluding hydrogens is 306 g/mol. The van der Waals surface area contributed by atoms with Gasteiger partial charge in [0.15, 0.2) is 0 Å². The minimum absolute atomic E-state index is 0.0878. The van der Waals surface area contributed by atoms with Crippen molar-refractivity contribution in [3.63, 3.8) is 0 Å². The van der Waals surface area contributed by atoms with Gasteiger partial charge >= 0.3 is 5.97 Å². The smallest absolute Gasteiger partial charge is 0.335 e. The molecule has 0 atom stereocenters. The highest BCUT2D eigenvalue weighted by Gasteiger charge is 2.16. The van der Waals surface area contributed by atoms with Crippen LogP contribution >= 0.6 is 0 Å². The average Bonchev–Trinajstić information content (AvgIpc) is 3.00. The van der Waals surface area contributed by atoms with E-state index < -0.39 is 5.97 Å².